The fourth-order valence-corrected chi connectivity index (χ4v) is 2.48. The summed E-state index contributed by atoms with van der Waals surface area (Å²) in [6.45, 7) is 2.29. The lowest BCUT2D eigenvalue weighted by molar-refractivity contribution is -0.405. The molecule has 2 rings (SSSR count). The van der Waals surface area contributed by atoms with Crippen molar-refractivity contribution in [2.75, 3.05) is 6.61 Å². The molecule has 9 heteroatoms. The largest absolute Gasteiger partial charge is 0.453 e. The molecule has 1 aromatic carbocycles. The summed E-state index contributed by atoms with van der Waals surface area (Å²) in [5.74, 6) is -1.34. The monoisotopic (exact) mass is 365 g/mol. The molecule has 3 atom stereocenters. The number of rotatable bonds is 6. The van der Waals surface area contributed by atoms with Gasteiger partial charge in [-0.3, -0.25) is 19.7 Å². The summed E-state index contributed by atoms with van der Waals surface area (Å²) in [5, 5.41) is 10.8. The molecule has 0 N–H and O–H groups in total. The van der Waals surface area contributed by atoms with E-state index in [9.17, 15) is 19.7 Å². The molecule has 1 saturated heterocycles. The average Bonchev–Trinajstić information content (AvgIpc) is 2.56. The maximum Gasteiger partial charge on any atom is 0.303 e. The first-order chi connectivity index (χ1) is 12.4. The van der Waals surface area contributed by atoms with Crippen molar-refractivity contribution in [2.45, 2.75) is 39.0 Å². The molecular formula is C17H19NO8. The van der Waals surface area contributed by atoms with Gasteiger partial charge in [0.15, 0.2) is 18.5 Å². The minimum Gasteiger partial charge on any atom is -0.453 e. The molecule has 1 fully saturated rings. The lowest BCUT2D eigenvalue weighted by Crippen LogP contribution is -2.51. The van der Waals surface area contributed by atoms with Gasteiger partial charge in [0, 0.05) is 13.8 Å². The Balaban J connectivity index is 2.22. The molecule has 0 bridgehead atoms. The summed E-state index contributed by atoms with van der Waals surface area (Å²) in [4.78, 5) is 33.0. The Morgan fingerprint density at radius 1 is 1.23 bits per heavy atom. The van der Waals surface area contributed by atoms with Crippen LogP contribution in [-0.2, 0) is 35.1 Å². The third-order valence-electron chi connectivity index (χ3n) is 3.47. The molecule has 1 aliphatic heterocycles. The van der Waals surface area contributed by atoms with Crippen molar-refractivity contribution in [3.8, 4) is 0 Å². The first kappa shape index (κ1) is 19.5. The highest BCUT2D eigenvalue weighted by atomic mass is 16.7. The van der Waals surface area contributed by atoms with E-state index < -0.39 is 35.4 Å². The van der Waals surface area contributed by atoms with Gasteiger partial charge in [-0.05, 0) is 5.56 Å². The minimum atomic E-state index is -1.17. The Hall–Kier alpha value is -2.78. The molecule has 0 aliphatic carbocycles. The number of ether oxygens (including phenoxy) is 4. The molecule has 1 heterocycles. The van der Waals surface area contributed by atoms with Crippen LogP contribution in [-0.4, -0.2) is 42.0 Å². The second kappa shape index (κ2) is 9.07. The Morgan fingerprint density at radius 3 is 2.46 bits per heavy atom. The Morgan fingerprint density at radius 2 is 1.88 bits per heavy atom. The number of hydrogen-bond donors (Lipinski definition) is 0. The summed E-state index contributed by atoms with van der Waals surface area (Å²) in [6.07, 6.45) is -2.71. The van der Waals surface area contributed by atoms with Crippen molar-refractivity contribution in [2.24, 2.45) is 0 Å². The third kappa shape index (κ3) is 5.64. The van der Waals surface area contributed by atoms with Crippen LogP contribution >= 0.6 is 0 Å². The quantitative estimate of drug-likeness (QED) is 0.424. The molecule has 9 nitrogen and oxygen atoms in total. The van der Waals surface area contributed by atoms with Crippen LogP contribution in [0, 0.1) is 10.1 Å². The number of nitro groups is 1. The molecule has 0 aromatic heterocycles. The zero-order valence-corrected chi connectivity index (χ0v) is 14.3. The number of carbonyl (C=O) groups excluding carboxylic acids is 2. The van der Waals surface area contributed by atoms with Gasteiger partial charge in [-0.15, -0.1) is 0 Å². The molecular weight excluding hydrogens is 346 g/mol. The van der Waals surface area contributed by atoms with Crippen molar-refractivity contribution >= 4 is 11.9 Å². The molecule has 0 amide bonds. The highest BCUT2D eigenvalue weighted by Gasteiger charge is 2.44. The van der Waals surface area contributed by atoms with Crippen molar-refractivity contribution in [3.63, 3.8) is 0 Å². The first-order valence-corrected chi connectivity index (χ1v) is 7.82. The first-order valence-electron chi connectivity index (χ1n) is 7.82. The van der Waals surface area contributed by atoms with E-state index in [1.807, 2.05) is 30.3 Å². The van der Waals surface area contributed by atoms with E-state index in [0.29, 0.717) is 6.20 Å². The van der Waals surface area contributed by atoms with E-state index in [1.54, 1.807) is 0 Å². The van der Waals surface area contributed by atoms with Gasteiger partial charge >= 0.3 is 11.9 Å². The van der Waals surface area contributed by atoms with Crippen LogP contribution < -0.4 is 0 Å². The number of carbonyl (C=O) groups is 2. The summed E-state index contributed by atoms with van der Waals surface area (Å²) >= 11 is 0. The number of nitrogens with zero attached hydrogens (tertiary/aromatic N) is 1. The second-order valence-corrected chi connectivity index (χ2v) is 5.57. The summed E-state index contributed by atoms with van der Waals surface area (Å²) in [7, 11) is 0. The van der Waals surface area contributed by atoms with Crippen LogP contribution in [0.3, 0.4) is 0 Å². The van der Waals surface area contributed by atoms with E-state index >= 15 is 0 Å². The minimum absolute atomic E-state index is 0.0658. The maximum absolute atomic E-state index is 11.5. The van der Waals surface area contributed by atoms with E-state index in [2.05, 4.69) is 0 Å². The molecule has 140 valence electrons. The van der Waals surface area contributed by atoms with Crippen molar-refractivity contribution in [3.05, 3.63) is 57.8 Å². The van der Waals surface area contributed by atoms with E-state index in [-0.39, 0.29) is 18.8 Å². The van der Waals surface area contributed by atoms with Crippen LogP contribution in [0.15, 0.2) is 42.1 Å². The van der Waals surface area contributed by atoms with Gasteiger partial charge in [-0.2, -0.15) is 0 Å². The molecule has 26 heavy (non-hydrogen) atoms. The molecule has 0 radical (unpaired) electrons. The molecule has 0 unspecified atom stereocenters. The van der Waals surface area contributed by atoms with E-state index in [1.165, 1.54) is 6.92 Å². The molecule has 1 aliphatic rings. The average molecular weight is 365 g/mol. The normalized spacial score (nSPS) is 24.1. The zero-order chi connectivity index (χ0) is 19.1. The van der Waals surface area contributed by atoms with Crippen molar-refractivity contribution in [1.82, 2.24) is 0 Å². The molecule has 1 aromatic rings. The Labute approximate surface area is 149 Å². The van der Waals surface area contributed by atoms with E-state index in [4.69, 9.17) is 18.9 Å². The van der Waals surface area contributed by atoms with Crippen LogP contribution in [0.1, 0.15) is 19.4 Å². The summed E-state index contributed by atoms with van der Waals surface area (Å²) < 4.78 is 21.5. The van der Waals surface area contributed by atoms with Gasteiger partial charge in [0.25, 0.3) is 0 Å². The SMILES string of the molecule is CC(=O)O[C@@H]1[C@H](OCc2ccccc2)OC/C(=C/[N+](=O)[O-])[C@H]1OC(C)=O. The standard InChI is InChI=1S/C17H19NO8/c1-11(19)25-15-14(8-18(21)22)10-24-17(16(15)26-12(2)20)23-9-13-6-4-3-5-7-13/h3-8,15-17H,9-10H2,1-2H3/b14-8-/t15-,16+,17-/m1/s1. The second-order valence-electron chi connectivity index (χ2n) is 5.57. The van der Waals surface area contributed by atoms with Crippen LogP contribution in [0.2, 0.25) is 0 Å². The molecule has 0 spiro atoms. The van der Waals surface area contributed by atoms with Crippen LogP contribution in [0.25, 0.3) is 0 Å². The van der Waals surface area contributed by atoms with E-state index in [0.717, 1.165) is 12.5 Å². The van der Waals surface area contributed by atoms with Gasteiger partial charge in [0.2, 0.25) is 6.20 Å². The predicted molar refractivity (Wildman–Crippen MR) is 87.2 cm³/mol. The predicted octanol–water partition coefficient (Wildman–Crippen LogP) is 1.58. The Bertz CT molecular complexity index is 687. The van der Waals surface area contributed by atoms with Crippen molar-refractivity contribution < 1.29 is 33.5 Å². The lowest BCUT2D eigenvalue weighted by Gasteiger charge is -2.36. The van der Waals surface area contributed by atoms with Gasteiger partial charge in [-0.25, -0.2) is 0 Å². The highest BCUT2D eigenvalue weighted by molar-refractivity contribution is 5.67. The fourth-order valence-electron chi connectivity index (χ4n) is 2.48. The van der Waals surface area contributed by atoms with Gasteiger partial charge in [0.1, 0.15) is 0 Å². The maximum atomic E-state index is 11.5. The highest BCUT2D eigenvalue weighted by Crippen LogP contribution is 2.27. The van der Waals surface area contributed by atoms with Crippen molar-refractivity contribution in [1.29, 1.82) is 0 Å². The van der Waals surface area contributed by atoms with Gasteiger partial charge in [-0.1, -0.05) is 30.3 Å². The number of esters is 2. The number of hydrogen-bond acceptors (Lipinski definition) is 8. The smallest absolute Gasteiger partial charge is 0.303 e. The zero-order valence-electron chi connectivity index (χ0n) is 14.3. The lowest BCUT2D eigenvalue weighted by atomic mass is 10.0. The summed E-state index contributed by atoms with van der Waals surface area (Å²) in [6, 6.07) is 9.21. The van der Waals surface area contributed by atoms with Gasteiger partial charge < -0.3 is 18.9 Å². The van der Waals surface area contributed by atoms with Gasteiger partial charge in [0.05, 0.1) is 23.7 Å². The van der Waals surface area contributed by atoms with Crippen LogP contribution in [0.5, 0.6) is 0 Å². The summed E-state index contributed by atoms with van der Waals surface area (Å²) in [5.41, 5.74) is 0.921. The fraction of sp³-hybridized carbons (Fsp3) is 0.412. The third-order valence-corrected chi connectivity index (χ3v) is 3.47. The van der Waals surface area contributed by atoms with Crippen LogP contribution in [0.4, 0.5) is 0 Å². The molecule has 0 saturated carbocycles. The Kier molecular flexibility index (Phi) is 6.81. The number of benzene rings is 1. The topological polar surface area (TPSA) is 114 Å².